The molecule has 0 aliphatic carbocycles. The number of likely N-dealkylation sites (tertiary alicyclic amines) is 1. The quantitative estimate of drug-likeness (QED) is 0.835. The van der Waals surface area contributed by atoms with Crippen LogP contribution in [0, 0.1) is 6.92 Å². The van der Waals surface area contributed by atoms with Crippen molar-refractivity contribution in [2.45, 2.75) is 25.3 Å². The maximum atomic E-state index is 12.3. The second kappa shape index (κ2) is 6.14. The van der Waals surface area contributed by atoms with Crippen LogP contribution in [0.25, 0.3) is 0 Å². The number of rotatable bonds is 3. The van der Waals surface area contributed by atoms with Gasteiger partial charge in [0.2, 0.25) is 0 Å². The van der Waals surface area contributed by atoms with Crippen molar-refractivity contribution >= 4 is 17.8 Å². The third-order valence-corrected chi connectivity index (χ3v) is 4.72. The van der Waals surface area contributed by atoms with Crippen LogP contribution in [-0.4, -0.2) is 59.9 Å². The van der Waals surface area contributed by atoms with Crippen LogP contribution in [0.2, 0.25) is 0 Å². The Morgan fingerprint density at radius 1 is 1.21 bits per heavy atom. The van der Waals surface area contributed by atoms with E-state index < -0.39 is 5.54 Å². The maximum Gasteiger partial charge on any atom is 0.324 e. The topological polar surface area (TPSA) is 79.0 Å². The van der Waals surface area contributed by atoms with Crippen LogP contribution in [0.3, 0.4) is 0 Å². The Balaban J connectivity index is 1.53. The number of carbonyl (C=O) groups is 3. The molecule has 7 heteroatoms. The van der Waals surface area contributed by atoms with Crippen molar-refractivity contribution in [3.8, 4) is 5.75 Å². The number of ether oxygens (including phenoxy) is 1. The molecule has 2 fully saturated rings. The summed E-state index contributed by atoms with van der Waals surface area (Å²) in [5.41, 5.74) is 0.281. The number of urea groups is 1. The average Bonchev–Trinajstić information content (AvgIpc) is 2.79. The predicted molar refractivity (Wildman–Crippen MR) is 86.5 cm³/mol. The predicted octanol–water partition coefficient (Wildman–Crippen LogP) is 0.917. The number of carbonyl (C=O) groups excluding carboxylic acids is 3. The zero-order chi connectivity index (χ0) is 17.3. The molecule has 1 N–H and O–H groups in total. The van der Waals surface area contributed by atoms with Crippen LogP contribution in [0.4, 0.5) is 4.79 Å². The van der Waals surface area contributed by atoms with Gasteiger partial charge in [0.15, 0.2) is 6.61 Å². The summed E-state index contributed by atoms with van der Waals surface area (Å²) in [6.45, 7) is 2.81. The molecular weight excluding hydrogens is 310 g/mol. The van der Waals surface area contributed by atoms with E-state index in [-0.39, 0.29) is 24.5 Å². The van der Waals surface area contributed by atoms with E-state index in [2.05, 4.69) is 5.32 Å². The molecule has 2 aliphatic heterocycles. The second-order valence-corrected chi connectivity index (χ2v) is 6.36. The molecule has 0 bridgehead atoms. The Kier molecular flexibility index (Phi) is 4.17. The molecule has 0 radical (unpaired) electrons. The molecule has 2 aliphatic rings. The zero-order valence-corrected chi connectivity index (χ0v) is 13.9. The van der Waals surface area contributed by atoms with Gasteiger partial charge in [-0.1, -0.05) is 17.7 Å². The van der Waals surface area contributed by atoms with Crippen LogP contribution in [-0.2, 0) is 9.59 Å². The van der Waals surface area contributed by atoms with Crippen molar-refractivity contribution in [3.05, 3.63) is 29.8 Å². The summed E-state index contributed by atoms with van der Waals surface area (Å²) in [6.07, 6.45) is 0.858. The lowest BCUT2D eigenvalue weighted by atomic mass is 9.87. The molecule has 2 heterocycles. The van der Waals surface area contributed by atoms with Crippen molar-refractivity contribution < 1.29 is 19.1 Å². The molecule has 7 nitrogen and oxygen atoms in total. The Hall–Kier alpha value is -2.57. The molecule has 24 heavy (non-hydrogen) atoms. The summed E-state index contributed by atoms with van der Waals surface area (Å²) >= 11 is 0. The van der Waals surface area contributed by atoms with E-state index in [0.717, 1.165) is 10.5 Å². The third-order valence-electron chi connectivity index (χ3n) is 4.72. The summed E-state index contributed by atoms with van der Waals surface area (Å²) in [6, 6.07) is 7.14. The second-order valence-electron chi connectivity index (χ2n) is 6.36. The number of likely N-dealkylation sites (N-methyl/N-ethyl adjacent to an activating group) is 1. The van der Waals surface area contributed by atoms with Gasteiger partial charge in [-0.05, 0) is 31.9 Å². The Bertz CT molecular complexity index is 663. The molecule has 0 unspecified atom stereocenters. The molecule has 2 saturated heterocycles. The first-order valence-electron chi connectivity index (χ1n) is 7.99. The fourth-order valence-electron chi connectivity index (χ4n) is 3.10. The van der Waals surface area contributed by atoms with Gasteiger partial charge in [0, 0.05) is 20.1 Å². The highest BCUT2D eigenvalue weighted by molar-refractivity contribution is 6.06. The number of benzene rings is 1. The molecule has 4 amide bonds. The van der Waals surface area contributed by atoms with E-state index in [1.165, 1.54) is 7.05 Å². The number of amides is 4. The fraction of sp³-hybridized carbons (Fsp3) is 0.471. The van der Waals surface area contributed by atoms with Gasteiger partial charge < -0.3 is 15.0 Å². The first-order chi connectivity index (χ1) is 11.4. The smallest absolute Gasteiger partial charge is 0.324 e. The van der Waals surface area contributed by atoms with E-state index in [1.54, 1.807) is 4.90 Å². The summed E-state index contributed by atoms with van der Waals surface area (Å²) < 4.78 is 5.51. The largest absolute Gasteiger partial charge is 0.484 e. The van der Waals surface area contributed by atoms with Crippen molar-refractivity contribution in [2.24, 2.45) is 0 Å². The van der Waals surface area contributed by atoms with E-state index in [4.69, 9.17) is 4.74 Å². The number of hydrogen-bond donors (Lipinski definition) is 1. The number of piperidine rings is 1. The van der Waals surface area contributed by atoms with Crippen LogP contribution in [0.1, 0.15) is 18.4 Å². The SMILES string of the molecule is Cc1ccc(OCC(=O)N2CCC3(CC2)NC(=O)N(C)C3=O)cc1. The summed E-state index contributed by atoms with van der Waals surface area (Å²) in [5, 5.41) is 2.76. The fourth-order valence-corrected chi connectivity index (χ4v) is 3.10. The highest BCUT2D eigenvalue weighted by Gasteiger charge is 2.51. The molecular formula is C17H21N3O4. The highest BCUT2D eigenvalue weighted by atomic mass is 16.5. The molecule has 0 saturated carbocycles. The normalized spacial score (nSPS) is 19.6. The van der Waals surface area contributed by atoms with Crippen LogP contribution >= 0.6 is 0 Å². The lowest BCUT2D eigenvalue weighted by Crippen LogP contribution is -2.56. The van der Waals surface area contributed by atoms with Gasteiger partial charge in [-0.25, -0.2) is 4.79 Å². The van der Waals surface area contributed by atoms with E-state index >= 15 is 0 Å². The number of imide groups is 1. The van der Waals surface area contributed by atoms with Gasteiger partial charge in [0.05, 0.1) is 0 Å². The maximum absolute atomic E-state index is 12.3. The number of nitrogens with zero attached hydrogens (tertiary/aromatic N) is 2. The van der Waals surface area contributed by atoms with E-state index in [9.17, 15) is 14.4 Å². The van der Waals surface area contributed by atoms with Gasteiger partial charge in [0.1, 0.15) is 11.3 Å². The number of aryl methyl sites for hydroxylation is 1. The van der Waals surface area contributed by atoms with Crippen LogP contribution < -0.4 is 10.1 Å². The van der Waals surface area contributed by atoms with Gasteiger partial charge in [-0.15, -0.1) is 0 Å². The third kappa shape index (κ3) is 2.93. The molecule has 0 aromatic heterocycles. The Labute approximate surface area is 140 Å². The number of nitrogens with one attached hydrogen (secondary N) is 1. The summed E-state index contributed by atoms with van der Waals surface area (Å²) in [7, 11) is 1.47. The van der Waals surface area contributed by atoms with Gasteiger partial charge >= 0.3 is 6.03 Å². The van der Waals surface area contributed by atoms with Crippen LogP contribution in [0.5, 0.6) is 5.75 Å². The monoisotopic (exact) mass is 331 g/mol. The van der Waals surface area contributed by atoms with Crippen molar-refractivity contribution in [1.82, 2.24) is 15.1 Å². The Morgan fingerprint density at radius 3 is 2.38 bits per heavy atom. The average molecular weight is 331 g/mol. The zero-order valence-electron chi connectivity index (χ0n) is 13.9. The van der Waals surface area contributed by atoms with Crippen molar-refractivity contribution in [3.63, 3.8) is 0 Å². The first-order valence-corrected chi connectivity index (χ1v) is 7.99. The standard InChI is InChI=1S/C17H21N3O4/c1-12-3-5-13(6-4-12)24-11-14(21)20-9-7-17(8-10-20)15(22)19(2)16(23)18-17/h3-6H,7-11H2,1-2H3,(H,18,23). The van der Waals surface area contributed by atoms with Gasteiger partial charge in [-0.3, -0.25) is 14.5 Å². The summed E-state index contributed by atoms with van der Waals surface area (Å²) in [5.74, 6) is 0.327. The molecule has 0 atom stereocenters. The van der Waals surface area contributed by atoms with E-state index in [0.29, 0.717) is 31.7 Å². The molecule has 3 rings (SSSR count). The van der Waals surface area contributed by atoms with Crippen molar-refractivity contribution in [2.75, 3.05) is 26.7 Å². The lowest BCUT2D eigenvalue weighted by Gasteiger charge is -2.37. The summed E-state index contributed by atoms with van der Waals surface area (Å²) in [4.78, 5) is 38.9. The molecule has 1 spiro atoms. The minimum absolute atomic E-state index is 0.0315. The highest BCUT2D eigenvalue weighted by Crippen LogP contribution is 2.28. The van der Waals surface area contributed by atoms with Crippen LogP contribution in [0.15, 0.2) is 24.3 Å². The molecule has 128 valence electrons. The van der Waals surface area contributed by atoms with E-state index in [1.807, 2.05) is 31.2 Å². The van der Waals surface area contributed by atoms with Crippen molar-refractivity contribution in [1.29, 1.82) is 0 Å². The minimum Gasteiger partial charge on any atom is -0.484 e. The molecule has 1 aromatic rings. The lowest BCUT2D eigenvalue weighted by molar-refractivity contribution is -0.139. The van der Waals surface area contributed by atoms with Gasteiger partial charge in [-0.2, -0.15) is 0 Å². The minimum atomic E-state index is -0.847. The first kappa shape index (κ1) is 16.3. The number of hydrogen-bond acceptors (Lipinski definition) is 4. The Morgan fingerprint density at radius 2 is 1.83 bits per heavy atom. The molecule has 1 aromatic carbocycles. The van der Waals surface area contributed by atoms with Gasteiger partial charge in [0.25, 0.3) is 11.8 Å².